The molecular weight excluding hydrogens is 410 g/mol. The summed E-state index contributed by atoms with van der Waals surface area (Å²) >= 11 is -2.51. The number of aliphatic hydroxyl groups excluding tert-OH is 1. The van der Waals surface area contributed by atoms with Gasteiger partial charge in [-0.2, -0.15) is 0 Å². The molecule has 76 valence electrons. The van der Waals surface area contributed by atoms with Crippen LogP contribution in [-0.4, -0.2) is 24.2 Å². The average molecular weight is 420 g/mol. The Hall–Kier alpha value is -0.448. The molecule has 0 spiro atoms. The molecule has 1 N–H and O–H groups in total. The van der Waals surface area contributed by atoms with Gasteiger partial charge < -0.3 is 24.9 Å². The number of aliphatic hydroxyl groups is 1. The minimum absolute atomic E-state index is 0.972. The monoisotopic (exact) mass is 420 g/mol. The molecule has 0 aromatic rings. The first-order chi connectivity index (χ1) is 5.88. The van der Waals surface area contributed by atoms with Crippen molar-refractivity contribution in [2.24, 2.45) is 0 Å². The van der Waals surface area contributed by atoms with Crippen molar-refractivity contribution in [3.63, 3.8) is 0 Å². The summed E-state index contributed by atoms with van der Waals surface area (Å²) in [7, 11) is 1.00. The molecule has 7 nitrogen and oxygen atoms in total. The average Bonchev–Trinajstić information content (AvgIpc) is 1.89. The second-order valence-electron chi connectivity index (χ2n) is 1.07. The summed E-state index contributed by atoms with van der Waals surface area (Å²) in [5.74, 6) is -2.17. The Bertz CT molecular complexity index is 129. The maximum atomic E-state index is 8.89. The Kier molecular flexibility index (Phi) is 52.8. The van der Waals surface area contributed by atoms with Gasteiger partial charge in [-0.15, -0.1) is 0 Å². The normalized spacial score (nSPS) is 4.92. The molecule has 0 rings (SSSR count). The molecule has 0 radical (unpaired) electrons. The Morgan fingerprint density at radius 3 is 1.00 bits per heavy atom. The first kappa shape index (κ1) is 22.9. The van der Waals surface area contributed by atoms with E-state index >= 15 is 0 Å². The predicted octanol–water partition coefficient (Wildman–Crippen LogP) is -3.12. The van der Waals surface area contributed by atoms with E-state index < -0.39 is 39.8 Å². The number of carbonyl (C=O) groups excluding carboxylic acids is 2. The van der Waals surface area contributed by atoms with Crippen LogP contribution in [0.3, 0.4) is 0 Å². The fourth-order valence-electron chi connectivity index (χ4n) is 0. The summed E-state index contributed by atoms with van der Waals surface area (Å²) in [6.45, 7) is 1.94. The third-order valence-electron chi connectivity index (χ3n) is 0. The Morgan fingerprint density at radius 1 is 1.00 bits per heavy atom. The number of hydrogen-bond donors (Lipinski definition) is 1. The molecule has 0 unspecified atom stereocenters. The molecule has 13 heavy (non-hydrogen) atoms. The van der Waals surface area contributed by atoms with Gasteiger partial charge in [-0.1, -0.05) is 0 Å². The zero-order chi connectivity index (χ0) is 11.9. The van der Waals surface area contributed by atoms with E-state index in [1.54, 1.807) is 0 Å². The summed E-state index contributed by atoms with van der Waals surface area (Å²) in [6, 6.07) is 0. The number of hydrogen-bond acceptors (Lipinski definition) is 7. The van der Waals surface area contributed by atoms with Gasteiger partial charge in [0.2, 0.25) is 0 Å². The van der Waals surface area contributed by atoms with Gasteiger partial charge in [0.15, 0.2) is 0 Å². The van der Waals surface area contributed by atoms with Crippen LogP contribution in [0.25, 0.3) is 0 Å². The minimum atomic E-state index is -2.51. The van der Waals surface area contributed by atoms with Gasteiger partial charge in [-0.05, 0) is 13.8 Å². The van der Waals surface area contributed by atoms with Crippen molar-refractivity contribution >= 4 is 11.9 Å². The fourth-order valence-corrected chi connectivity index (χ4v) is 0. The van der Waals surface area contributed by atoms with Crippen LogP contribution in [0.4, 0.5) is 0 Å². The van der Waals surface area contributed by atoms with Crippen LogP contribution >= 0.6 is 0 Å². The Balaban J connectivity index is -0.0000000431. The number of carboxylic acids is 2. The van der Waals surface area contributed by atoms with Crippen LogP contribution in [0.15, 0.2) is 0 Å². The second kappa shape index (κ2) is 30.0. The molecule has 0 fully saturated rings. The fraction of sp³-hybridized carbons (Fsp3) is 0.600. The molecule has 0 saturated carbocycles. The van der Waals surface area contributed by atoms with Crippen molar-refractivity contribution in [1.29, 1.82) is 0 Å². The van der Waals surface area contributed by atoms with E-state index in [0.29, 0.717) is 0 Å². The first-order valence-electron chi connectivity index (χ1n) is 2.67. The SMILES string of the molecule is CC(=O)[O-].CC(=O)[O-].CO.[O]=[U+2]=[O]. The van der Waals surface area contributed by atoms with Crippen molar-refractivity contribution in [2.75, 3.05) is 7.11 Å². The van der Waals surface area contributed by atoms with E-state index in [1.807, 2.05) is 0 Å². The second-order valence-corrected chi connectivity index (χ2v) is 1.76. The summed E-state index contributed by atoms with van der Waals surface area (Å²) in [4.78, 5) is 17.8. The van der Waals surface area contributed by atoms with Crippen LogP contribution in [-0.2, 0) is 14.1 Å². The van der Waals surface area contributed by atoms with Gasteiger partial charge in [-0.25, -0.2) is 0 Å². The third-order valence-corrected chi connectivity index (χ3v) is 0. The molecule has 8 heteroatoms. The van der Waals surface area contributed by atoms with E-state index in [1.165, 1.54) is 0 Å². The topological polar surface area (TPSA) is 135 Å². The molecular formula is C5H10O7U. The zero-order valence-electron chi connectivity index (χ0n) is 7.40. The van der Waals surface area contributed by atoms with Gasteiger partial charge in [-0.3, -0.25) is 0 Å². The standard InChI is InChI=1S/2C2H4O2.CH4O.2O.U/c2*1-2(3)4;1-2;;;/h2*1H3,(H,3,4);2H,1H3;;;/q;;;;;+2/p-2. The van der Waals surface area contributed by atoms with E-state index in [4.69, 9.17) is 29.4 Å². The summed E-state index contributed by atoms with van der Waals surface area (Å²) in [5, 5.41) is 24.8. The molecule has 0 aliphatic carbocycles. The van der Waals surface area contributed by atoms with Crippen LogP contribution in [0.1, 0.15) is 13.8 Å². The predicted molar refractivity (Wildman–Crippen MR) is 30.9 cm³/mol. The van der Waals surface area contributed by atoms with Crippen molar-refractivity contribution in [1.82, 2.24) is 0 Å². The van der Waals surface area contributed by atoms with Gasteiger partial charge in [0.05, 0.1) is 0 Å². The quantitative estimate of drug-likeness (QED) is 0.438. The van der Waals surface area contributed by atoms with Gasteiger partial charge in [0, 0.05) is 19.0 Å². The molecule has 0 amide bonds. The number of carboxylic acid groups (broad SMARTS) is 2. The molecule has 0 heterocycles. The van der Waals surface area contributed by atoms with Gasteiger partial charge in [0.25, 0.3) is 0 Å². The maximum absolute atomic E-state index is 8.89. The molecule has 0 aromatic carbocycles. The van der Waals surface area contributed by atoms with Crippen LogP contribution in [0.2, 0.25) is 0 Å². The molecule has 0 aliphatic rings. The van der Waals surface area contributed by atoms with E-state index in [9.17, 15) is 0 Å². The summed E-state index contributed by atoms with van der Waals surface area (Å²) in [6.07, 6.45) is 0. The molecule has 0 aliphatic heterocycles. The Labute approximate surface area is 90.0 Å². The first-order valence-corrected chi connectivity index (χ1v) is 6.07. The van der Waals surface area contributed by atoms with Crippen molar-refractivity contribution < 1.29 is 57.2 Å². The van der Waals surface area contributed by atoms with E-state index in [-0.39, 0.29) is 0 Å². The number of aliphatic carboxylic acids is 2. The number of rotatable bonds is 0. The summed E-state index contributed by atoms with van der Waals surface area (Å²) in [5.41, 5.74) is 0. The van der Waals surface area contributed by atoms with Crippen molar-refractivity contribution in [3.05, 3.63) is 0 Å². The van der Waals surface area contributed by atoms with Crippen molar-refractivity contribution in [3.8, 4) is 0 Å². The van der Waals surface area contributed by atoms with Crippen LogP contribution in [0, 0.1) is 27.8 Å². The van der Waals surface area contributed by atoms with E-state index in [0.717, 1.165) is 21.0 Å². The Morgan fingerprint density at radius 2 is 1.00 bits per heavy atom. The molecule has 0 aromatic heterocycles. The van der Waals surface area contributed by atoms with Crippen LogP contribution < -0.4 is 10.2 Å². The van der Waals surface area contributed by atoms with Crippen LogP contribution in [0.5, 0.6) is 0 Å². The summed E-state index contributed by atoms with van der Waals surface area (Å²) < 4.78 is 17.2. The third kappa shape index (κ3) is 5250. The molecule has 0 saturated heterocycles. The zero-order valence-corrected chi connectivity index (χ0v) is 11.6. The molecule has 0 bridgehead atoms. The van der Waals surface area contributed by atoms with Gasteiger partial charge >= 0.3 is 32.3 Å². The number of carbonyl (C=O) groups is 2. The van der Waals surface area contributed by atoms with E-state index in [2.05, 4.69) is 0 Å². The van der Waals surface area contributed by atoms with Crippen molar-refractivity contribution in [2.45, 2.75) is 13.8 Å². The van der Waals surface area contributed by atoms with Gasteiger partial charge in [0.1, 0.15) is 0 Å². The molecule has 0 atom stereocenters.